The van der Waals surface area contributed by atoms with Gasteiger partial charge >= 0.3 is 0 Å². The fraction of sp³-hybridized carbons (Fsp3) is 0.207. The number of anilines is 2. The number of amides is 1. The summed E-state index contributed by atoms with van der Waals surface area (Å²) in [7, 11) is 1.54. The summed E-state index contributed by atoms with van der Waals surface area (Å²) in [5.41, 5.74) is 2.36. The largest absolute Gasteiger partial charge is 0.497 e. The van der Waals surface area contributed by atoms with Gasteiger partial charge in [-0.05, 0) is 42.3 Å². The van der Waals surface area contributed by atoms with Crippen LogP contribution in [-0.2, 0) is 15.0 Å². The lowest BCUT2D eigenvalue weighted by atomic mass is 9.64. The monoisotopic (exact) mass is 464 g/mol. The molecule has 0 aliphatic carbocycles. The van der Waals surface area contributed by atoms with Crippen molar-refractivity contribution in [2.24, 2.45) is 5.92 Å². The molecular formula is C29H24N2O4. The summed E-state index contributed by atoms with van der Waals surface area (Å²) >= 11 is 0. The van der Waals surface area contributed by atoms with E-state index in [2.05, 4.69) is 5.32 Å². The van der Waals surface area contributed by atoms with E-state index in [1.54, 1.807) is 31.4 Å². The maximum Gasteiger partial charge on any atom is 0.238 e. The lowest BCUT2D eigenvalue weighted by Gasteiger charge is -2.37. The molecule has 1 spiro atoms. The average molecular weight is 465 g/mol. The van der Waals surface area contributed by atoms with Crippen molar-refractivity contribution in [2.45, 2.75) is 24.4 Å². The van der Waals surface area contributed by atoms with Gasteiger partial charge in [0.1, 0.15) is 11.2 Å². The number of Topliss-reactive ketones (excluding diaryl/α,β-unsaturated/α-hetero) is 2. The lowest BCUT2D eigenvalue weighted by molar-refractivity contribution is -0.122. The van der Waals surface area contributed by atoms with Crippen LogP contribution in [0.15, 0.2) is 78.9 Å². The van der Waals surface area contributed by atoms with Crippen molar-refractivity contribution < 1.29 is 19.1 Å². The van der Waals surface area contributed by atoms with Crippen LogP contribution in [0.3, 0.4) is 0 Å². The first-order chi connectivity index (χ1) is 17.0. The Bertz CT molecular complexity index is 1430. The zero-order valence-corrected chi connectivity index (χ0v) is 19.4. The van der Waals surface area contributed by atoms with Crippen LogP contribution in [0.2, 0.25) is 0 Å². The molecule has 6 nitrogen and oxygen atoms in total. The third-order valence-electron chi connectivity index (χ3n) is 7.60. The molecule has 3 aliphatic rings. The number of hydrogen-bond acceptors (Lipinski definition) is 5. The van der Waals surface area contributed by atoms with Gasteiger partial charge < -0.3 is 15.0 Å². The smallest absolute Gasteiger partial charge is 0.238 e. The highest BCUT2D eigenvalue weighted by molar-refractivity contribution is 6.16. The predicted molar refractivity (Wildman–Crippen MR) is 134 cm³/mol. The molecule has 35 heavy (non-hydrogen) atoms. The van der Waals surface area contributed by atoms with Crippen molar-refractivity contribution >= 4 is 34.9 Å². The van der Waals surface area contributed by atoms with Crippen LogP contribution < -0.4 is 15.0 Å². The van der Waals surface area contributed by atoms with Crippen LogP contribution in [0.5, 0.6) is 5.75 Å². The highest BCUT2D eigenvalue weighted by atomic mass is 16.5. The number of rotatable bonds is 4. The van der Waals surface area contributed by atoms with Crippen molar-refractivity contribution in [3.63, 3.8) is 0 Å². The summed E-state index contributed by atoms with van der Waals surface area (Å²) in [6.07, 6.45) is 3.96. The zero-order valence-electron chi connectivity index (χ0n) is 19.4. The molecule has 0 saturated carbocycles. The van der Waals surface area contributed by atoms with Crippen LogP contribution in [-0.4, -0.2) is 36.7 Å². The Morgan fingerprint density at radius 3 is 2.57 bits per heavy atom. The van der Waals surface area contributed by atoms with E-state index in [1.807, 2.05) is 65.6 Å². The van der Waals surface area contributed by atoms with Crippen molar-refractivity contribution in [2.75, 3.05) is 17.3 Å². The highest BCUT2D eigenvalue weighted by Crippen LogP contribution is 2.57. The molecule has 4 atom stereocenters. The molecule has 6 rings (SSSR count). The topological polar surface area (TPSA) is 75.7 Å². The number of nitrogens with one attached hydrogen (secondary N) is 1. The molecule has 3 aliphatic heterocycles. The Balaban J connectivity index is 1.65. The van der Waals surface area contributed by atoms with Gasteiger partial charge in [0.2, 0.25) is 5.91 Å². The Morgan fingerprint density at radius 1 is 1.00 bits per heavy atom. The molecule has 6 heteroatoms. The molecule has 174 valence electrons. The quantitative estimate of drug-likeness (QED) is 0.584. The van der Waals surface area contributed by atoms with Gasteiger partial charge in [-0.2, -0.15) is 0 Å². The van der Waals surface area contributed by atoms with Gasteiger partial charge in [-0.1, -0.05) is 60.7 Å². The third kappa shape index (κ3) is 2.80. The van der Waals surface area contributed by atoms with Gasteiger partial charge in [0.15, 0.2) is 11.6 Å². The average Bonchev–Trinajstić information content (AvgIpc) is 3.36. The van der Waals surface area contributed by atoms with Gasteiger partial charge in [0.05, 0.1) is 25.1 Å². The number of ketones is 2. The standard InChI is InChI=1S/C29H24N2O4/c1-17(32)26-25(27(33)19-9-7-10-20(16-19)35-2)29(21-11-4-5-12-22(21)30-28(29)34)24-15-14-18-8-3-6-13-23(18)31(24)26/h3-16,24-26H,1-2H3,(H,30,34)/t24-,25-,26-,29-/m0/s1. The minimum Gasteiger partial charge on any atom is -0.497 e. The maximum absolute atomic E-state index is 14.4. The first-order valence-electron chi connectivity index (χ1n) is 11.6. The minimum absolute atomic E-state index is 0.157. The molecule has 1 saturated heterocycles. The summed E-state index contributed by atoms with van der Waals surface area (Å²) in [5.74, 6) is -1.06. The Hall–Kier alpha value is -4.19. The van der Waals surface area contributed by atoms with E-state index >= 15 is 0 Å². The molecule has 0 unspecified atom stereocenters. The van der Waals surface area contributed by atoms with Crippen LogP contribution >= 0.6 is 0 Å². The van der Waals surface area contributed by atoms with Crippen molar-refractivity contribution in [1.82, 2.24) is 0 Å². The fourth-order valence-corrected chi connectivity index (χ4v) is 6.23. The SMILES string of the molecule is COc1cccc(C(=O)[C@@H]2[C@H](C(C)=O)N3c4ccccc4C=C[C@H]3[C@]23C(=O)Nc2ccccc23)c1. The Labute approximate surface area is 203 Å². The third-order valence-corrected chi connectivity index (χ3v) is 7.60. The summed E-state index contributed by atoms with van der Waals surface area (Å²) < 4.78 is 5.36. The second-order valence-corrected chi connectivity index (χ2v) is 9.27. The number of benzene rings is 3. The summed E-state index contributed by atoms with van der Waals surface area (Å²) in [4.78, 5) is 43.7. The van der Waals surface area contributed by atoms with Crippen LogP contribution in [0.25, 0.3) is 6.08 Å². The molecule has 0 bridgehead atoms. The lowest BCUT2D eigenvalue weighted by Crippen LogP contribution is -2.51. The number of para-hydroxylation sites is 2. The van der Waals surface area contributed by atoms with Crippen molar-refractivity contribution in [3.05, 3.63) is 95.6 Å². The first-order valence-corrected chi connectivity index (χ1v) is 11.6. The van der Waals surface area contributed by atoms with E-state index in [-0.39, 0.29) is 17.5 Å². The molecular weight excluding hydrogens is 440 g/mol. The van der Waals surface area contributed by atoms with E-state index in [0.717, 1.165) is 16.8 Å². The number of fused-ring (bicyclic) bond motifs is 6. The maximum atomic E-state index is 14.4. The second kappa shape index (κ2) is 7.67. The summed E-state index contributed by atoms with van der Waals surface area (Å²) in [6, 6.07) is 20.9. The number of hydrogen-bond donors (Lipinski definition) is 1. The fourth-order valence-electron chi connectivity index (χ4n) is 6.23. The van der Waals surface area contributed by atoms with E-state index in [1.165, 1.54) is 6.92 Å². The molecule has 3 aromatic rings. The van der Waals surface area contributed by atoms with Gasteiger partial charge in [-0.3, -0.25) is 14.4 Å². The van der Waals surface area contributed by atoms with Crippen LogP contribution in [0, 0.1) is 5.92 Å². The van der Waals surface area contributed by atoms with E-state index in [4.69, 9.17) is 4.74 Å². The van der Waals surface area contributed by atoms with E-state index in [0.29, 0.717) is 17.0 Å². The predicted octanol–water partition coefficient (Wildman–Crippen LogP) is 4.26. The molecule has 3 aromatic carbocycles. The Kier molecular flexibility index (Phi) is 4.68. The first kappa shape index (κ1) is 21.4. The summed E-state index contributed by atoms with van der Waals surface area (Å²) in [6.45, 7) is 1.51. The number of methoxy groups -OCH3 is 1. The van der Waals surface area contributed by atoms with Gasteiger partial charge in [0, 0.05) is 16.9 Å². The number of carbonyl (C=O) groups is 3. The van der Waals surface area contributed by atoms with Gasteiger partial charge in [-0.15, -0.1) is 0 Å². The highest BCUT2D eigenvalue weighted by Gasteiger charge is 2.69. The number of ether oxygens (including phenoxy) is 1. The minimum atomic E-state index is -1.27. The van der Waals surface area contributed by atoms with Crippen molar-refractivity contribution in [1.29, 1.82) is 0 Å². The summed E-state index contributed by atoms with van der Waals surface area (Å²) in [5, 5.41) is 3.02. The number of carbonyl (C=O) groups excluding carboxylic acids is 3. The van der Waals surface area contributed by atoms with Gasteiger partial charge in [-0.25, -0.2) is 0 Å². The van der Waals surface area contributed by atoms with Crippen LogP contribution in [0.1, 0.15) is 28.4 Å². The second-order valence-electron chi connectivity index (χ2n) is 9.27. The normalized spacial score (nSPS) is 25.6. The molecule has 1 amide bonds. The molecule has 1 N–H and O–H groups in total. The molecule has 0 aromatic heterocycles. The van der Waals surface area contributed by atoms with Gasteiger partial charge in [0.25, 0.3) is 0 Å². The van der Waals surface area contributed by atoms with E-state index in [9.17, 15) is 14.4 Å². The molecule has 1 fully saturated rings. The zero-order chi connectivity index (χ0) is 24.3. The Morgan fingerprint density at radius 2 is 1.77 bits per heavy atom. The van der Waals surface area contributed by atoms with Crippen molar-refractivity contribution in [3.8, 4) is 5.75 Å². The number of nitrogens with zero attached hydrogens (tertiary/aromatic N) is 1. The van der Waals surface area contributed by atoms with E-state index < -0.39 is 23.4 Å². The molecule has 0 radical (unpaired) electrons. The molecule has 3 heterocycles. The van der Waals surface area contributed by atoms with Crippen LogP contribution in [0.4, 0.5) is 11.4 Å².